The van der Waals surface area contributed by atoms with Crippen molar-refractivity contribution >= 4 is 6.03 Å². The lowest BCUT2D eigenvalue weighted by atomic mass is 10.1. The molecule has 0 unspecified atom stereocenters. The molecular formula is C13H17N3O2. The van der Waals surface area contributed by atoms with Gasteiger partial charge in [-0.15, -0.1) is 0 Å². The van der Waals surface area contributed by atoms with Gasteiger partial charge in [0.1, 0.15) is 0 Å². The predicted molar refractivity (Wildman–Crippen MR) is 67.9 cm³/mol. The summed E-state index contributed by atoms with van der Waals surface area (Å²) in [6.07, 6.45) is 0. The molecule has 1 aromatic carbocycles. The van der Waals surface area contributed by atoms with Crippen molar-refractivity contribution in [1.82, 2.24) is 10.6 Å². The van der Waals surface area contributed by atoms with Gasteiger partial charge in [0.15, 0.2) is 0 Å². The summed E-state index contributed by atoms with van der Waals surface area (Å²) >= 11 is 0. The van der Waals surface area contributed by atoms with Crippen molar-refractivity contribution in [1.29, 1.82) is 5.26 Å². The maximum atomic E-state index is 11.4. The summed E-state index contributed by atoms with van der Waals surface area (Å²) in [6, 6.07) is 8.91. The van der Waals surface area contributed by atoms with E-state index in [1.165, 1.54) is 0 Å². The van der Waals surface area contributed by atoms with E-state index in [2.05, 4.69) is 10.6 Å². The summed E-state index contributed by atoms with van der Waals surface area (Å²) in [5, 5.41) is 14.1. The second kappa shape index (κ2) is 8.09. The molecule has 1 rings (SSSR count). The molecule has 0 aliphatic carbocycles. The molecule has 0 aliphatic heterocycles. The molecule has 0 saturated heterocycles. The predicted octanol–water partition coefficient (Wildman–Crippen LogP) is 1.39. The van der Waals surface area contributed by atoms with Crippen molar-refractivity contribution in [2.24, 2.45) is 0 Å². The number of carbonyl (C=O) groups is 1. The Morgan fingerprint density at radius 1 is 1.33 bits per heavy atom. The normalized spacial score (nSPS) is 9.56. The number of carbonyl (C=O) groups excluding carboxylic acids is 1. The molecule has 0 aliphatic rings. The van der Waals surface area contributed by atoms with Crippen LogP contribution in [-0.2, 0) is 11.3 Å². The van der Waals surface area contributed by atoms with Gasteiger partial charge in [-0.2, -0.15) is 5.26 Å². The van der Waals surface area contributed by atoms with Crippen LogP contribution in [0, 0.1) is 11.3 Å². The minimum atomic E-state index is -0.223. The average Bonchev–Trinajstić information content (AvgIpc) is 2.42. The number of hydrogen-bond acceptors (Lipinski definition) is 3. The van der Waals surface area contributed by atoms with Gasteiger partial charge in [-0.3, -0.25) is 0 Å². The summed E-state index contributed by atoms with van der Waals surface area (Å²) in [4.78, 5) is 11.4. The van der Waals surface area contributed by atoms with Crippen LogP contribution in [0.5, 0.6) is 0 Å². The Hall–Kier alpha value is -2.06. The first-order chi connectivity index (χ1) is 8.76. The Labute approximate surface area is 107 Å². The smallest absolute Gasteiger partial charge is 0.315 e. The number of benzene rings is 1. The third-order valence-corrected chi connectivity index (χ3v) is 2.27. The van der Waals surface area contributed by atoms with Gasteiger partial charge in [0, 0.05) is 19.7 Å². The topological polar surface area (TPSA) is 74.2 Å². The second-order valence-corrected chi connectivity index (χ2v) is 3.62. The summed E-state index contributed by atoms with van der Waals surface area (Å²) in [6.45, 7) is 4.00. The van der Waals surface area contributed by atoms with E-state index in [1.807, 2.05) is 25.1 Å². The Balaban J connectivity index is 2.23. The summed E-state index contributed by atoms with van der Waals surface area (Å²) < 4.78 is 5.10. The SMILES string of the molecule is CCOCCNC(=O)NCc1ccc(C#N)cc1. The van der Waals surface area contributed by atoms with E-state index in [4.69, 9.17) is 10.00 Å². The minimum absolute atomic E-state index is 0.223. The Morgan fingerprint density at radius 3 is 2.67 bits per heavy atom. The van der Waals surface area contributed by atoms with E-state index >= 15 is 0 Å². The van der Waals surface area contributed by atoms with Gasteiger partial charge in [0.05, 0.1) is 18.2 Å². The molecule has 0 heterocycles. The highest BCUT2D eigenvalue weighted by molar-refractivity contribution is 5.73. The highest BCUT2D eigenvalue weighted by atomic mass is 16.5. The number of ether oxygens (including phenoxy) is 1. The van der Waals surface area contributed by atoms with Crippen molar-refractivity contribution in [3.63, 3.8) is 0 Å². The number of nitrogens with zero attached hydrogens (tertiary/aromatic N) is 1. The highest BCUT2D eigenvalue weighted by Gasteiger charge is 1.99. The first-order valence-corrected chi connectivity index (χ1v) is 5.84. The zero-order chi connectivity index (χ0) is 13.2. The Morgan fingerprint density at radius 2 is 2.06 bits per heavy atom. The van der Waals surface area contributed by atoms with Crippen LogP contribution in [0.2, 0.25) is 0 Å². The molecule has 1 aromatic rings. The molecule has 2 amide bonds. The van der Waals surface area contributed by atoms with Crippen LogP contribution in [0.15, 0.2) is 24.3 Å². The van der Waals surface area contributed by atoms with Crippen LogP contribution in [0.1, 0.15) is 18.1 Å². The summed E-state index contributed by atoms with van der Waals surface area (Å²) in [5.74, 6) is 0. The first kappa shape index (κ1) is 14.0. The van der Waals surface area contributed by atoms with Crippen LogP contribution in [0.25, 0.3) is 0 Å². The molecule has 0 saturated carbocycles. The molecule has 0 bridgehead atoms. The lowest BCUT2D eigenvalue weighted by molar-refractivity contribution is 0.149. The molecule has 0 aromatic heterocycles. The van der Waals surface area contributed by atoms with Gasteiger partial charge in [-0.1, -0.05) is 12.1 Å². The van der Waals surface area contributed by atoms with Crippen molar-refractivity contribution < 1.29 is 9.53 Å². The van der Waals surface area contributed by atoms with E-state index < -0.39 is 0 Å². The quantitative estimate of drug-likeness (QED) is 0.746. The van der Waals surface area contributed by atoms with Gasteiger partial charge < -0.3 is 15.4 Å². The van der Waals surface area contributed by atoms with Crippen LogP contribution >= 0.6 is 0 Å². The molecule has 0 atom stereocenters. The minimum Gasteiger partial charge on any atom is -0.380 e. The molecular weight excluding hydrogens is 230 g/mol. The summed E-state index contributed by atoms with van der Waals surface area (Å²) in [7, 11) is 0. The van der Waals surface area contributed by atoms with Crippen molar-refractivity contribution in [3.05, 3.63) is 35.4 Å². The fraction of sp³-hybridized carbons (Fsp3) is 0.385. The number of nitriles is 1. The molecule has 0 fully saturated rings. The van der Waals surface area contributed by atoms with Crippen LogP contribution in [0.3, 0.4) is 0 Å². The van der Waals surface area contributed by atoms with Gasteiger partial charge in [0.25, 0.3) is 0 Å². The zero-order valence-corrected chi connectivity index (χ0v) is 10.4. The summed E-state index contributed by atoms with van der Waals surface area (Å²) in [5.41, 5.74) is 1.56. The molecule has 18 heavy (non-hydrogen) atoms. The first-order valence-electron chi connectivity index (χ1n) is 5.84. The average molecular weight is 247 g/mol. The van der Waals surface area contributed by atoms with Crippen molar-refractivity contribution in [3.8, 4) is 6.07 Å². The van der Waals surface area contributed by atoms with E-state index in [9.17, 15) is 4.79 Å². The Bertz CT molecular complexity index is 409. The fourth-order valence-corrected chi connectivity index (χ4v) is 1.32. The van der Waals surface area contributed by atoms with Gasteiger partial charge in [0.2, 0.25) is 0 Å². The number of nitrogens with one attached hydrogen (secondary N) is 2. The van der Waals surface area contributed by atoms with E-state index in [0.29, 0.717) is 31.9 Å². The van der Waals surface area contributed by atoms with Crippen LogP contribution < -0.4 is 10.6 Å². The number of amides is 2. The zero-order valence-electron chi connectivity index (χ0n) is 10.4. The van der Waals surface area contributed by atoms with Gasteiger partial charge >= 0.3 is 6.03 Å². The molecule has 5 nitrogen and oxygen atoms in total. The molecule has 2 N–H and O–H groups in total. The third kappa shape index (κ3) is 5.32. The van der Waals surface area contributed by atoms with E-state index in [0.717, 1.165) is 5.56 Å². The van der Waals surface area contributed by atoms with Crippen molar-refractivity contribution in [2.45, 2.75) is 13.5 Å². The fourth-order valence-electron chi connectivity index (χ4n) is 1.32. The third-order valence-electron chi connectivity index (χ3n) is 2.27. The lowest BCUT2D eigenvalue weighted by Gasteiger charge is -2.07. The van der Waals surface area contributed by atoms with E-state index in [1.54, 1.807) is 12.1 Å². The molecule has 0 spiro atoms. The Kier molecular flexibility index (Phi) is 6.30. The molecule has 5 heteroatoms. The number of rotatable bonds is 6. The van der Waals surface area contributed by atoms with Gasteiger partial charge in [-0.05, 0) is 24.6 Å². The lowest BCUT2D eigenvalue weighted by Crippen LogP contribution is -2.36. The highest BCUT2D eigenvalue weighted by Crippen LogP contribution is 2.02. The van der Waals surface area contributed by atoms with Crippen LogP contribution in [0.4, 0.5) is 4.79 Å². The van der Waals surface area contributed by atoms with E-state index in [-0.39, 0.29) is 6.03 Å². The van der Waals surface area contributed by atoms with Crippen molar-refractivity contribution in [2.75, 3.05) is 19.8 Å². The number of hydrogen-bond donors (Lipinski definition) is 2. The molecule has 96 valence electrons. The largest absolute Gasteiger partial charge is 0.380 e. The monoisotopic (exact) mass is 247 g/mol. The van der Waals surface area contributed by atoms with Gasteiger partial charge in [-0.25, -0.2) is 4.79 Å². The maximum Gasteiger partial charge on any atom is 0.315 e. The second-order valence-electron chi connectivity index (χ2n) is 3.62. The molecule has 0 radical (unpaired) electrons. The van der Waals surface area contributed by atoms with Crippen LogP contribution in [-0.4, -0.2) is 25.8 Å². The number of urea groups is 1. The standard InChI is InChI=1S/C13H17N3O2/c1-2-18-8-7-15-13(17)16-10-12-5-3-11(9-14)4-6-12/h3-6H,2,7-8,10H2,1H3,(H2,15,16,17). The maximum absolute atomic E-state index is 11.4.